The summed E-state index contributed by atoms with van der Waals surface area (Å²) in [6.45, 7) is 4.04. The van der Waals surface area contributed by atoms with Gasteiger partial charge in [-0.2, -0.15) is 0 Å². The smallest absolute Gasteiger partial charge is 0.166 e. The van der Waals surface area contributed by atoms with Crippen molar-refractivity contribution in [2.24, 2.45) is 5.92 Å². The Morgan fingerprint density at radius 3 is 2.56 bits per heavy atom. The molecule has 0 N–H and O–H groups in total. The molecule has 2 aromatic rings. The van der Waals surface area contributed by atoms with E-state index in [4.69, 9.17) is 0 Å². The Balaban J connectivity index is 2.56. The fraction of sp³-hybridized carbons (Fsp3) is 0.267. The molecule has 0 radical (unpaired) electrons. The van der Waals surface area contributed by atoms with E-state index in [0.717, 1.165) is 22.8 Å². The first-order valence-electron chi connectivity index (χ1n) is 5.76. The Morgan fingerprint density at radius 2 is 1.81 bits per heavy atom. The third kappa shape index (κ3) is 1.85. The van der Waals surface area contributed by atoms with Gasteiger partial charge < -0.3 is 0 Å². The summed E-state index contributed by atoms with van der Waals surface area (Å²) in [6.07, 6.45) is 0.891. The summed E-state index contributed by atoms with van der Waals surface area (Å²) in [5.41, 5.74) is 0.854. The summed E-state index contributed by atoms with van der Waals surface area (Å²) in [7, 11) is 0. The number of carbonyl (C=O) groups excluding carboxylic acids is 1. The van der Waals surface area contributed by atoms with Crippen molar-refractivity contribution in [1.29, 1.82) is 0 Å². The minimum Gasteiger partial charge on any atom is -0.294 e. The number of hydrogen-bond acceptors (Lipinski definition) is 1. The highest BCUT2D eigenvalue weighted by Gasteiger charge is 2.15. The predicted molar refractivity (Wildman–Crippen MR) is 67.7 cm³/mol. The lowest BCUT2D eigenvalue weighted by atomic mass is 9.93. The van der Waals surface area contributed by atoms with Gasteiger partial charge in [-0.25, -0.2) is 0 Å². The molecule has 2 rings (SSSR count). The van der Waals surface area contributed by atoms with Gasteiger partial charge in [-0.1, -0.05) is 56.3 Å². The molecule has 0 heterocycles. The summed E-state index contributed by atoms with van der Waals surface area (Å²) < 4.78 is 0. The fourth-order valence-electron chi connectivity index (χ4n) is 1.89. The third-order valence-electron chi connectivity index (χ3n) is 3.12. The Kier molecular flexibility index (Phi) is 3.04. The van der Waals surface area contributed by atoms with E-state index in [1.54, 1.807) is 0 Å². The molecular weight excluding hydrogens is 196 g/mol. The van der Waals surface area contributed by atoms with Gasteiger partial charge in [0.15, 0.2) is 5.78 Å². The average Bonchev–Trinajstić information content (AvgIpc) is 2.36. The highest BCUT2D eigenvalue weighted by atomic mass is 16.1. The van der Waals surface area contributed by atoms with Gasteiger partial charge in [0.25, 0.3) is 0 Å². The third-order valence-corrected chi connectivity index (χ3v) is 3.12. The molecule has 2 aromatic carbocycles. The first-order valence-corrected chi connectivity index (χ1v) is 5.76. The fourth-order valence-corrected chi connectivity index (χ4v) is 1.89. The van der Waals surface area contributed by atoms with Crippen LogP contribution in [0.2, 0.25) is 0 Å². The van der Waals surface area contributed by atoms with E-state index in [2.05, 4.69) is 0 Å². The Bertz CT molecular complexity index is 508. The molecule has 1 unspecified atom stereocenters. The number of rotatable bonds is 3. The van der Waals surface area contributed by atoms with E-state index >= 15 is 0 Å². The second-order valence-corrected chi connectivity index (χ2v) is 4.20. The van der Waals surface area contributed by atoms with E-state index in [1.165, 1.54) is 0 Å². The molecule has 0 aliphatic carbocycles. The number of benzene rings is 2. The molecule has 0 aliphatic rings. The summed E-state index contributed by atoms with van der Waals surface area (Å²) in [6, 6.07) is 14.0. The normalized spacial score (nSPS) is 12.6. The van der Waals surface area contributed by atoms with Crippen LogP contribution in [0.1, 0.15) is 30.6 Å². The summed E-state index contributed by atoms with van der Waals surface area (Å²) in [5.74, 6) is 0.352. The Hall–Kier alpha value is -1.63. The monoisotopic (exact) mass is 212 g/mol. The molecule has 0 aliphatic heterocycles. The van der Waals surface area contributed by atoms with Crippen LogP contribution in [0.15, 0.2) is 42.5 Å². The lowest BCUT2D eigenvalue weighted by molar-refractivity contribution is 0.0929. The average molecular weight is 212 g/mol. The lowest BCUT2D eigenvalue weighted by Crippen LogP contribution is -2.10. The topological polar surface area (TPSA) is 17.1 Å². The molecule has 1 atom stereocenters. The molecular formula is C15H16O. The molecule has 0 spiro atoms. The quantitative estimate of drug-likeness (QED) is 0.701. The van der Waals surface area contributed by atoms with Crippen molar-refractivity contribution in [1.82, 2.24) is 0 Å². The number of hydrogen-bond donors (Lipinski definition) is 0. The molecule has 1 nitrogen and oxygen atoms in total. The van der Waals surface area contributed by atoms with Crippen LogP contribution in [0.5, 0.6) is 0 Å². The van der Waals surface area contributed by atoms with Crippen LogP contribution < -0.4 is 0 Å². The summed E-state index contributed by atoms with van der Waals surface area (Å²) in [4.78, 5) is 12.2. The van der Waals surface area contributed by atoms with Gasteiger partial charge >= 0.3 is 0 Å². The first kappa shape index (κ1) is 10.9. The molecule has 0 saturated carbocycles. The Morgan fingerprint density at radius 1 is 1.12 bits per heavy atom. The second kappa shape index (κ2) is 4.48. The van der Waals surface area contributed by atoms with Crippen molar-refractivity contribution in [3.8, 4) is 0 Å². The van der Waals surface area contributed by atoms with Crippen molar-refractivity contribution < 1.29 is 4.79 Å². The molecule has 0 saturated heterocycles. The predicted octanol–water partition coefficient (Wildman–Crippen LogP) is 4.07. The molecule has 0 aromatic heterocycles. The number of carbonyl (C=O) groups is 1. The molecule has 0 fully saturated rings. The number of Topliss-reactive ketones (excluding diaryl/α,β-unsaturated/α-hetero) is 1. The van der Waals surface area contributed by atoms with Gasteiger partial charge in [0.1, 0.15) is 0 Å². The lowest BCUT2D eigenvalue weighted by Gasteiger charge is -2.10. The van der Waals surface area contributed by atoms with Crippen molar-refractivity contribution in [3.63, 3.8) is 0 Å². The van der Waals surface area contributed by atoms with Crippen molar-refractivity contribution in [3.05, 3.63) is 48.0 Å². The van der Waals surface area contributed by atoms with Gasteiger partial charge in [0, 0.05) is 11.5 Å². The molecule has 16 heavy (non-hydrogen) atoms. The molecule has 82 valence electrons. The van der Waals surface area contributed by atoms with E-state index in [-0.39, 0.29) is 11.7 Å². The maximum Gasteiger partial charge on any atom is 0.166 e. The van der Waals surface area contributed by atoms with E-state index in [9.17, 15) is 4.79 Å². The zero-order valence-electron chi connectivity index (χ0n) is 9.73. The summed E-state index contributed by atoms with van der Waals surface area (Å²) >= 11 is 0. The van der Waals surface area contributed by atoms with Crippen molar-refractivity contribution in [2.45, 2.75) is 20.3 Å². The zero-order chi connectivity index (χ0) is 11.5. The molecule has 1 heteroatoms. The highest BCUT2D eigenvalue weighted by molar-refractivity contribution is 6.08. The SMILES string of the molecule is CCC(C)C(=O)c1cccc2ccccc12. The first-order chi connectivity index (χ1) is 7.74. The number of ketones is 1. The number of fused-ring (bicyclic) bond motifs is 1. The maximum atomic E-state index is 12.2. The van der Waals surface area contributed by atoms with Gasteiger partial charge in [0.05, 0.1) is 0 Å². The van der Waals surface area contributed by atoms with Crippen LogP contribution in [0.3, 0.4) is 0 Å². The van der Waals surface area contributed by atoms with Crippen LogP contribution in [0, 0.1) is 5.92 Å². The molecule has 0 amide bonds. The highest BCUT2D eigenvalue weighted by Crippen LogP contribution is 2.22. The van der Waals surface area contributed by atoms with Crippen molar-refractivity contribution in [2.75, 3.05) is 0 Å². The standard InChI is InChI=1S/C15H16O/c1-3-11(2)15(16)14-10-6-8-12-7-4-5-9-13(12)14/h4-11H,3H2,1-2H3. The maximum absolute atomic E-state index is 12.2. The van der Waals surface area contributed by atoms with Crippen LogP contribution >= 0.6 is 0 Å². The van der Waals surface area contributed by atoms with Gasteiger partial charge in [-0.05, 0) is 17.2 Å². The van der Waals surface area contributed by atoms with Crippen LogP contribution in [-0.4, -0.2) is 5.78 Å². The van der Waals surface area contributed by atoms with Crippen LogP contribution in [0.25, 0.3) is 10.8 Å². The minimum absolute atomic E-state index is 0.103. The van der Waals surface area contributed by atoms with Gasteiger partial charge in [0.2, 0.25) is 0 Å². The zero-order valence-corrected chi connectivity index (χ0v) is 9.73. The van der Waals surface area contributed by atoms with E-state index < -0.39 is 0 Å². The Labute approximate surface area is 96.1 Å². The van der Waals surface area contributed by atoms with Crippen molar-refractivity contribution >= 4 is 16.6 Å². The van der Waals surface area contributed by atoms with E-state index in [0.29, 0.717) is 0 Å². The minimum atomic E-state index is 0.103. The van der Waals surface area contributed by atoms with Crippen LogP contribution in [0.4, 0.5) is 0 Å². The summed E-state index contributed by atoms with van der Waals surface area (Å²) in [5, 5.41) is 2.20. The van der Waals surface area contributed by atoms with Gasteiger partial charge in [-0.3, -0.25) is 4.79 Å². The van der Waals surface area contributed by atoms with Crippen LogP contribution in [-0.2, 0) is 0 Å². The second-order valence-electron chi connectivity index (χ2n) is 4.20. The molecule has 0 bridgehead atoms. The van der Waals surface area contributed by atoms with Gasteiger partial charge in [-0.15, -0.1) is 0 Å². The van der Waals surface area contributed by atoms with E-state index in [1.807, 2.05) is 56.3 Å². The largest absolute Gasteiger partial charge is 0.294 e.